The molecule has 2 rings (SSSR count). The van der Waals surface area contributed by atoms with E-state index in [0.717, 1.165) is 14.8 Å². The van der Waals surface area contributed by atoms with Gasteiger partial charge in [0.1, 0.15) is 0 Å². The van der Waals surface area contributed by atoms with E-state index in [0.29, 0.717) is 11.4 Å². The summed E-state index contributed by atoms with van der Waals surface area (Å²) >= 11 is 8.13. The molecule has 0 fully saturated rings. The van der Waals surface area contributed by atoms with Crippen molar-refractivity contribution in [2.24, 2.45) is 0 Å². The number of amides is 1. The van der Waals surface area contributed by atoms with Crippen LogP contribution < -0.4 is 5.32 Å². The molecule has 2 aromatic heterocycles. The van der Waals surface area contributed by atoms with Crippen molar-refractivity contribution < 1.29 is 4.79 Å². The highest BCUT2D eigenvalue weighted by Crippen LogP contribution is 2.32. The smallest absolute Gasteiger partial charge is 0.261 e. The van der Waals surface area contributed by atoms with Crippen molar-refractivity contribution in [3.63, 3.8) is 0 Å². The van der Waals surface area contributed by atoms with Gasteiger partial charge in [0.25, 0.3) is 5.91 Å². The van der Waals surface area contributed by atoms with E-state index >= 15 is 0 Å². The van der Waals surface area contributed by atoms with E-state index in [2.05, 4.69) is 42.2 Å². The zero-order valence-corrected chi connectivity index (χ0v) is 12.7. The molecule has 0 aliphatic carbocycles. The molecule has 0 atom stereocenters. The molecule has 17 heavy (non-hydrogen) atoms. The predicted octanol–water partition coefficient (Wildman–Crippen LogP) is 2.90. The Morgan fingerprint density at radius 1 is 1.53 bits per heavy atom. The van der Waals surface area contributed by atoms with Crippen molar-refractivity contribution in [1.82, 2.24) is 14.9 Å². The molecule has 0 spiro atoms. The molecule has 1 N–H and O–H groups in total. The molecule has 2 aromatic rings. The minimum Gasteiger partial charge on any atom is -0.350 e. The monoisotopic (exact) mass is 377 g/mol. The third kappa shape index (κ3) is 3.40. The molecule has 0 aliphatic heterocycles. The summed E-state index contributed by atoms with van der Waals surface area (Å²) < 4.78 is 3.75. The first kappa shape index (κ1) is 12.8. The van der Waals surface area contributed by atoms with Gasteiger partial charge in [-0.3, -0.25) is 4.79 Å². The van der Waals surface area contributed by atoms with Gasteiger partial charge in [-0.2, -0.15) is 0 Å². The minimum atomic E-state index is -0.0542. The third-order valence-electron chi connectivity index (χ3n) is 2.08. The number of rotatable bonds is 4. The van der Waals surface area contributed by atoms with Gasteiger partial charge in [0.15, 0.2) is 0 Å². The van der Waals surface area contributed by atoms with Crippen LogP contribution >= 0.6 is 43.2 Å². The number of aromatic nitrogens is 2. The van der Waals surface area contributed by atoms with Gasteiger partial charge in [-0.1, -0.05) is 0 Å². The normalized spacial score (nSPS) is 10.5. The van der Waals surface area contributed by atoms with Crippen LogP contribution in [0.1, 0.15) is 9.67 Å². The second-order valence-electron chi connectivity index (χ2n) is 3.29. The molecule has 0 bridgehead atoms. The Kier molecular flexibility index (Phi) is 4.36. The van der Waals surface area contributed by atoms with E-state index in [1.165, 1.54) is 11.3 Å². The number of imidazole rings is 1. The van der Waals surface area contributed by atoms with Crippen molar-refractivity contribution in [2.45, 2.75) is 6.54 Å². The van der Waals surface area contributed by atoms with Crippen LogP contribution in [0.5, 0.6) is 0 Å². The molecule has 0 radical (unpaired) electrons. The Labute approximate surface area is 119 Å². The Hall–Kier alpha value is -0.660. The van der Waals surface area contributed by atoms with Crippen molar-refractivity contribution in [1.29, 1.82) is 0 Å². The standard InChI is InChI=1S/C10H9Br2N3OS/c11-7-5-8(17-9(7)12)10(16)14-2-4-15-3-1-13-6-15/h1,3,5-6H,2,4H2,(H,14,16). The van der Waals surface area contributed by atoms with Gasteiger partial charge in [-0.05, 0) is 37.9 Å². The summed E-state index contributed by atoms with van der Waals surface area (Å²) in [5, 5.41) is 2.86. The largest absolute Gasteiger partial charge is 0.350 e. The highest BCUT2D eigenvalue weighted by Gasteiger charge is 2.11. The molecule has 4 nitrogen and oxygen atoms in total. The number of nitrogens with zero attached hydrogens (tertiary/aromatic N) is 2. The Bertz CT molecular complexity index is 490. The first-order chi connectivity index (χ1) is 8.16. The lowest BCUT2D eigenvalue weighted by Gasteiger charge is -2.03. The van der Waals surface area contributed by atoms with Gasteiger partial charge in [0, 0.05) is 30.0 Å². The lowest BCUT2D eigenvalue weighted by Crippen LogP contribution is -2.26. The Morgan fingerprint density at radius 3 is 2.94 bits per heavy atom. The zero-order valence-electron chi connectivity index (χ0n) is 8.69. The molecule has 0 aromatic carbocycles. The summed E-state index contributed by atoms with van der Waals surface area (Å²) in [6.45, 7) is 1.31. The van der Waals surface area contributed by atoms with Crippen molar-refractivity contribution in [3.05, 3.63) is 37.9 Å². The van der Waals surface area contributed by atoms with Crippen LogP contribution in [0, 0.1) is 0 Å². The molecule has 7 heteroatoms. The summed E-state index contributed by atoms with van der Waals surface area (Å²) in [6.07, 6.45) is 5.31. The maximum atomic E-state index is 11.8. The maximum absolute atomic E-state index is 11.8. The first-order valence-corrected chi connectivity index (χ1v) is 7.26. The van der Waals surface area contributed by atoms with Gasteiger partial charge in [0.2, 0.25) is 0 Å². The first-order valence-electron chi connectivity index (χ1n) is 4.85. The average molecular weight is 379 g/mol. The fraction of sp³-hybridized carbons (Fsp3) is 0.200. The predicted molar refractivity (Wildman–Crippen MR) is 74.3 cm³/mol. The van der Waals surface area contributed by atoms with E-state index in [1.807, 2.05) is 10.8 Å². The van der Waals surface area contributed by atoms with E-state index in [4.69, 9.17) is 0 Å². The topological polar surface area (TPSA) is 46.9 Å². The molecule has 0 aliphatic rings. The van der Waals surface area contributed by atoms with E-state index < -0.39 is 0 Å². The van der Waals surface area contributed by atoms with Crippen molar-refractivity contribution >= 4 is 49.1 Å². The van der Waals surface area contributed by atoms with Gasteiger partial charge in [-0.15, -0.1) is 11.3 Å². The summed E-state index contributed by atoms with van der Waals surface area (Å²) in [5.41, 5.74) is 0. The summed E-state index contributed by atoms with van der Waals surface area (Å²) in [4.78, 5) is 16.4. The number of hydrogen-bond acceptors (Lipinski definition) is 3. The van der Waals surface area contributed by atoms with Crippen LogP contribution in [-0.4, -0.2) is 22.0 Å². The summed E-state index contributed by atoms with van der Waals surface area (Å²) in [7, 11) is 0. The van der Waals surface area contributed by atoms with Gasteiger partial charge in [0.05, 0.1) is 15.0 Å². The molecule has 0 saturated heterocycles. The van der Waals surface area contributed by atoms with E-state index in [9.17, 15) is 4.79 Å². The number of carbonyl (C=O) groups is 1. The molecule has 90 valence electrons. The number of hydrogen-bond donors (Lipinski definition) is 1. The summed E-state index contributed by atoms with van der Waals surface area (Å²) in [5.74, 6) is -0.0542. The van der Waals surface area contributed by atoms with Crippen LogP contribution in [-0.2, 0) is 6.54 Å². The van der Waals surface area contributed by atoms with Crippen LogP contribution in [0.4, 0.5) is 0 Å². The highest BCUT2D eigenvalue weighted by molar-refractivity contribution is 9.13. The Morgan fingerprint density at radius 2 is 2.35 bits per heavy atom. The maximum Gasteiger partial charge on any atom is 0.261 e. The van der Waals surface area contributed by atoms with E-state index in [-0.39, 0.29) is 5.91 Å². The van der Waals surface area contributed by atoms with Crippen LogP contribution in [0.15, 0.2) is 33.0 Å². The molecule has 1 amide bonds. The average Bonchev–Trinajstić information content (AvgIpc) is 2.90. The second-order valence-corrected chi connectivity index (χ2v) is 6.51. The zero-order chi connectivity index (χ0) is 12.3. The number of carbonyl (C=O) groups excluding carboxylic acids is 1. The lowest BCUT2D eigenvalue weighted by atomic mass is 10.4. The fourth-order valence-electron chi connectivity index (χ4n) is 1.26. The van der Waals surface area contributed by atoms with Crippen LogP contribution in [0.2, 0.25) is 0 Å². The number of nitrogens with one attached hydrogen (secondary N) is 1. The van der Waals surface area contributed by atoms with Crippen molar-refractivity contribution in [3.8, 4) is 0 Å². The Balaban J connectivity index is 1.85. The third-order valence-corrected chi connectivity index (χ3v) is 5.34. The molecular weight excluding hydrogens is 370 g/mol. The molecule has 0 saturated carbocycles. The minimum absolute atomic E-state index is 0.0542. The van der Waals surface area contributed by atoms with Crippen LogP contribution in [0.25, 0.3) is 0 Å². The van der Waals surface area contributed by atoms with Crippen LogP contribution in [0.3, 0.4) is 0 Å². The lowest BCUT2D eigenvalue weighted by molar-refractivity contribution is 0.0956. The number of halogens is 2. The fourth-order valence-corrected chi connectivity index (χ4v) is 3.22. The second kappa shape index (κ2) is 5.79. The molecule has 2 heterocycles. The summed E-state index contributed by atoms with van der Waals surface area (Å²) in [6, 6.07) is 1.81. The SMILES string of the molecule is O=C(NCCn1ccnc1)c1cc(Br)c(Br)s1. The highest BCUT2D eigenvalue weighted by atomic mass is 79.9. The van der Waals surface area contributed by atoms with Gasteiger partial charge >= 0.3 is 0 Å². The van der Waals surface area contributed by atoms with E-state index in [1.54, 1.807) is 18.6 Å². The quantitative estimate of drug-likeness (QED) is 0.889. The van der Waals surface area contributed by atoms with Gasteiger partial charge < -0.3 is 9.88 Å². The number of thiophene rings is 1. The molecular formula is C10H9Br2N3OS. The molecule has 0 unspecified atom stereocenters. The van der Waals surface area contributed by atoms with Gasteiger partial charge in [-0.25, -0.2) is 4.98 Å². The van der Waals surface area contributed by atoms with Crippen molar-refractivity contribution in [2.75, 3.05) is 6.54 Å².